The third kappa shape index (κ3) is 4.55. The number of piperazine rings is 1. The maximum atomic E-state index is 13.1. The lowest BCUT2D eigenvalue weighted by molar-refractivity contribution is -0.118. The van der Waals surface area contributed by atoms with Crippen molar-refractivity contribution < 1.29 is 27.5 Å². The Balaban J connectivity index is 1.45. The number of nitrogens with one attached hydrogen (secondary N) is 1. The van der Waals surface area contributed by atoms with Crippen molar-refractivity contribution in [3.63, 3.8) is 0 Å². The second-order valence-corrected chi connectivity index (χ2v) is 9.91. The molecular formula is C22H24N4O6S. The van der Waals surface area contributed by atoms with E-state index in [-0.39, 0.29) is 55.4 Å². The van der Waals surface area contributed by atoms with Crippen molar-refractivity contribution >= 4 is 33.4 Å². The minimum absolute atomic E-state index is 0.0433. The number of rotatable bonds is 4. The van der Waals surface area contributed by atoms with Crippen LogP contribution >= 0.6 is 0 Å². The normalized spacial score (nSPS) is 16.4. The van der Waals surface area contributed by atoms with E-state index in [1.807, 2.05) is 0 Å². The number of sulfonamides is 1. The molecule has 1 saturated heterocycles. The van der Waals surface area contributed by atoms with Crippen molar-refractivity contribution in [3.8, 4) is 5.75 Å². The summed E-state index contributed by atoms with van der Waals surface area (Å²) in [5.74, 6) is -0.388. The van der Waals surface area contributed by atoms with Gasteiger partial charge in [0.25, 0.3) is 17.7 Å². The number of benzene rings is 2. The van der Waals surface area contributed by atoms with Gasteiger partial charge in [0.1, 0.15) is 5.75 Å². The molecule has 0 aliphatic carbocycles. The molecule has 2 aliphatic heterocycles. The predicted molar refractivity (Wildman–Crippen MR) is 120 cm³/mol. The number of carbonyl (C=O) groups excluding carboxylic acids is 3. The van der Waals surface area contributed by atoms with Gasteiger partial charge in [0, 0.05) is 51.4 Å². The monoisotopic (exact) mass is 472 g/mol. The zero-order valence-corrected chi connectivity index (χ0v) is 19.1. The van der Waals surface area contributed by atoms with Crippen molar-refractivity contribution in [1.29, 1.82) is 0 Å². The lowest BCUT2D eigenvalue weighted by atomic mass is 10.1. The standard InChI is InChI=1S/C22H24N4O6S/c1-24(2)21(28)15-4-3-5-16(12-15)22(29)25-8-10-26(11-9-25)33(30,31)17-6-7-19-18(13-17)23-20(27)14-32-19/h3-7,12-13H,8-11,14H2,1-2H3,(H,23,27). The zero-order valence-electron chi connectivity index (χ0n) is 18.3. The molecule has 0 atom stereocenters. The molecule has 2 aliphatic rings. The van der Waals surface area contributed by atoms with Gasteiger partial charge < -0.3 is 19.9 Å². The Morgan fingerprint density at radius 1 is 1.00 bits per heavy atom. The summed E-state index contributed by atoms with van der Waals surface area (Å²) in [5, 5.41) is 2.61. The second-order valence-electron chi connectivity index (χ2n) is 7.97. The molecule has 1 N–H and O–H groups in total. The van der Waals surface area contributed by atoms with Crippen LogP contribution in [0.25, 0.3) is 0 Å². The lowest BCUT2D eigenvalue weighted by Gasteiger charge is -2.34. The molecule has 0 unspecified atom stereocenters. The number of amides is 3. The molecule has 2 aromatic carbocycles. The Kier molecular flexibility index (Phi) is 6.09. The van der Waals surface area contributed by atoms with Crippen LogP contribution in [0.3, 0.4) is 0 Å². The molecule has 11 heteroatoms. The van der Waals surface area contributed by atoms with Crippen LogP contribution in [-0.2, 0) is 14.8 Å². The summed E-state index contributed by atoms with van der Waals surface area (Å²) < 4.78 is 32.8. The SMILES string of the molecule is CN(C)C(=O)c1cccc(C(=O)N2CCN(S(=O)(=O)c3ccc4c(c3)NC(=O)CO4)CC2)c1. The molecule has 0 bridgehead atoms. The molecule has 2 heterocycles. The van der Waals surface area contributed by atoms with Crippen molar-refractivity contribution in [3.05, 3.63) is 53.6 Å². The smallest absolute Gasteiger partial charge is 0.262 e. The fourth-order valence-electron chi connectivity index (χ4n) is 3.73. The summed E-state index contributed by atoms with van der Waals surface area (Å²) in [7, 11) is -0.538. The largest absolute Gasteiger partial charge is 0.482 e. The Morgan fingerprint density at radius 2 is 1.70 bits per heavy atom. The van der Waals surface area contributed by atoms with E-state index in [1.165, 1.54) is 27.4 Å². The van der Waals surface area contributed by atoms with Gasteiger partial charge in [-0.05, 0) is 36.4 Å². The van der Waals surface area contributed by atoms with Gasteiger partial charge in [-0.25, -0.2) is 8.42 Å². The summed E-state index contributed by atoms with van der Waals surface area (Å²) in [6, 6.07) is 10.8. The van der Waals surface area contributed by atoms with Crippen LogP contribution < -0.4 is 10.1 Å². The first kappa shape index (κ1) is 22.7. The number of carbonyl (C=O) groups is 3. The summed E-state index contributed by atoms with van der Waals surface area (Å²) in [6.07, 6.45) is 0. The van der Waals surface area contributed by atoms with Crippen LogP contribution in [0.5, 0.6) is 5.75 Å². The maximum Gasteiger partial charge on any atom is 0.262 e. The van der Waals surface area contributed by atoms with Crippen LogP contribution in [0.15, 0.2) is 47.4 Å². The van der Waals surface area contributed by atoms with E-state index in [0.717, 1.165) is 0 Å². The van der Waals surface area contributed by atoms with E-state index >= 15 is 0 Å². The van der Waals surface area contributed by atoms with Crippen LogP contribution in [0.2, 0.25) is 0 Å². The number of fused-ring (bicyclic) bond motifs is 1. The molecule has 174 valence electrons. The van der Waals surface area contributed by atoms with Crippen molar-refractivity contribution in [2.75, 3.05) is 52.2 Å². The molecule has 2 aromatic rings. The van der Waals surface area contributed by atoms with Gasteiger partial charge in [0.15, 0.2) is 6.61 Å². The Morgan fingerprint density at radius 3 is 2.39 bits per heavy atom. The van der Waals surface area contributed by atoms with E-state index in [9.17, 15) is 22.8 Å². The van der Waals surface area contributed by atoms with E-state index in [4.69, 9.17) is 4.74 Å². The highest BCUT2D eigenvalue weighted by molar-refractivity contribution is 7.89. The molecule has 33 heavy (non-hydrogen) atoms. The Hall–Kier alpha value is -3.44. The number of hydrogen-bond acceptors (Lipinski definition) is 6. The molecule has 10 nitrogen and oxygen atoms in total. The minimum atomic E-state index is -3.82. The van der Waals surface area contributed by atoms with Crippen LogP contribution in [0, 0.1) is 0 Å². The highest BCUT2D eigenvalue weighted by atomic mass is 32.2. The van der Waals surface area contributed by atoms with Gasteiger partial charge in [0.05, 0.1) is 10.6 Å². The number of ether oxygens (including phenoxy) is 1. The van der Waals surface area contributed by atoms with Gasteiger partial charge in [-0.15, -0.1) is 0 Å². The molecule has 1 fully saturated rings. The minimum Gasteiger partial charge on any atom is -0.482 e. The van der Waals surface area contributed by atoms with Crippen LogP contribution in [0.4, 0.5) is 5.69 Å². The summed E-state index contributed by atoms with van der Waals surface area (Å²) in [4.78, 5) is 39.7. The fourth-order valence-corrected chi connectivity index (χ4v) is 5.18. The average molecular weight is 473 g/mol. The first-order valence-electron chi connectivity index (χ1n) is 10.3. The molecule has 3 amide bonds. The van der Waals surface area contributed by atoms with E-state index in [1.54, 1.807) is 43.3 Å². The van der Waals surface area contributed by atoms with Gasteiger partial charge in [0.2, 0.25) is 10.0 Å². The van der Waals surface area contributed by atoms with Crippen LogP contribution in [-0.4, -0.2) is 87.1 Å². The maximum absolute atomic E-state index is 13.1. The first-order chi connectivity index (χ1) is 15.7. The van der Waals surface area contributed by atoms with Crippen molar-refractivity contribution in [1.82, 2.24) is 14.1 Å². The van der Waals surface area contributed by atoms with Gasteiger partial charge in [-0.2, -0.15) is 4.31 Å². The molecule has 0 saturated carbocycles. The van der Waals surface area contributed by atoms with Crippen molar-refractivity contribution in [2.24, 2.45) is 0 Å². The summed E-state index contributed by atoms with van der Waals surface area (Å²) in [5.41, 5.74) is 1.10. The number of nitrogens with zero attached hydrogens (tertiary/aromatic N) is 3. The first-order valence-corrected chi connectivity index (χ1v) is 11.8. The van der Waals surface area contributed by atoms with Gasteiger partial charge in [-0.1, -0.05) is 6.07 Å². The zero-order chi connectivity index (χ0) is 23.8. The average Bonchev–Trinajstić information content (AvgIpc) is 2.82. The predicted octanol–water partition coefficient (Wildman–Crippen LogP) is 0.866. The third-order valence-electron chi connectivity index (χ3n) is 5.51. The lowest BCUT2D eigenvalue weighted by Crippen LogP contribution is -2.50. The Labute approximate surface area is 191 Å². The van der Waals surface area contributed by atoms with E-state index in [2.05, 4.69) is 5.32 Å². The molecule has 0 radical (unpaired) electrons. The summed E-state index contributed by atoms with van der Waals surface area (Å²) in [6.45, 7) is 0.583. The third-order valence-corrected chi connectivity index (χ3v) is 7.40. The van der Waals surface area contributed by atoms with Gasteiger partial charge >= 0.3 is 0 Å². The van der Waals surface area contributed by atoms with Crippen LogP contribution in [0.1, 0.15) is 20.7 Å². The number of anilines is 1. The molecular weight excluding hydrogens is 448 g/mol. The number of hydrogen-bond donors (Lipinski definition) is 1. The Bertz CT molecular complexity index is 1220. The van der Waals surface area contributed by atoms with E-state index in [0.29, 0.717) is 22.6 Å². The van der Waals surface area contributed by atoms with Gasteiger partial charge in [-0.3, -0.25) is 14.4 Å². The quantitative estimate of drug-likeness (QED) is 0.706. The van der Waals surface area contributed by atoms with Crippen molar-refractivity contribution in [2.45, 2.75) is 4.90 Å². The van der Waals surface area contributed by atoms with E-state index < -0.39 is 10.0 Å². The highest BCUT2D eigenvalue weighted by Crippen LogP contribution is 2.31. The fraction of sp³-hybridized carbons (Fsp3) is 0.318. The second kappa shape index (κ2) is 8.83. The molecule has 4 rings (SSSR count). The molecule has 0 aromatic heterocycles. The summed E-state index contributed by atoms with van der Waals surface area (Å²) >= 11 is 0. The highest BCUT2D eigenvalue weighted by Gasteiger charge is 2.31. The topological polar surface area (TPSA) is 116 Å². The molecule has 0 spiro atoms.